The van der Waals surface area contributed by atoms with E-state index >= 15 is 0 Å². The van der Waals surface area contributed by atoms with Gasteiger partial charge in [-0.25, -0.2) is 14.3 Å². The van der Waals surface area contributed by atoms with Crippen LogP contribution in [0.2, 0.25) is 0 Å². The summed E-state index contributed by atoms with van der Waals surface area (Å²) < 4.78 is 0.105. The summed E-state index contributed by atoms with van der Waals surface area (Å²) in [5.41, 5.74) is 19.1. The van der Waals surface area contributed by atoms with Crippen molar-refractivity contribution < 1.29 is 14.1 Å². The van der Waals surface area contributed by atoms with Gasteiger partial charge in [-0.1, -0.05) is 74.6 Å². The lowest BCUT2D eigenvalue weighted by molar-refractivity contribution is -0.885. The van der Waals surface area contributed by atoms with Gasteiger partial charge in [0.25, 0.3) is 5.91 Å². The Morgan fingerprint density at radius 2 is 1.66 bits per heavy atom. The Balaban J connectivity index is 1.46. The van der Waals surface area contributed by atoms with Crippen molar-refractivity contribution in [3.8, 4) is 0 Å². The number of nitrogens with one attached hydrogen (secondary N) is 1. The normalized spacial score (nSPS) is 27.3. The number of hydrogen-bond acceptors (Lipinski definition) is 4. The molecule has 1 heterocycles. The fourth-order valence-corrected chi connectivity index (χ4v) is 7.17. The third kappa shape index (κ3) is 5.07. The second-order valence-corrected chi connectivity index (χ2v) is 11.5. The first-order chi connectivity index (χ1) is 18.3. The van der Waals surface area contributed by atoms with Crippen molar-refractivity contribution in [2.45, 2.75) is 76.0 Å². The van der Waals surface area contributed by atoms with Gasteiger partial charge in [0, 0.05) is 30.9 Å². The number of likely N-dealkylation sites (tertiary alicyclic amines) is 1. The van der Waals surface area contributed by atoms with Gasteiger partial charge in [0.15, 0.2) is 11.5 Å². The zero-order chi connectivity index (χ0) is 26.8. The Kier molecular flexibility index (Phi) is 7.54. The number of hydrogen-bond donors (Lipinski definition) is 4. The number of primary amides is 1. The first-order valence-electron chi connectivity index (χ1n) is 14.0. The van der Waals surface area contributed by atoms with E-state index in [2.05, 4.69) is 22.4 Å². The number of quaternary nitrogens is 1. The molecule has 1 saturated heterocycles. The minimum absolute atomic E-state index is 0.000444. The lowest BCUT2D eigenvalue weighted by Crippen LogP contribution is -2.67. The zero-order valence-corrected chi connectivity index (χ0v) is 22.1. The predicted octanol–water partition coefficient (Wildman–Crippen LogP) is 3.21. The van der Waals surface area contributed by atoms with E-state index in [9.17, 15) is 9.59 Å². The van der Waals surface area contributed by atoms with Crippen molar-refractivity contribution >= 4 is 23.5 Å². The Morgan fingerprint density at radius 1 is 0.947 bits per heavy atom. The molecule has 2 aromatic rings. The Labute approximate surface area is 225 Å². The molecule has 2 aliphatic carbocycles. The van der Waals surface area contributed by atoms with Crippen molar-refractivity contribution in [1.82, 2.24) is 5.32 Å². The molecule has 1 aliphatic heterocycles. The summed E-state index contributed by atoms with van der Waals surface area (Å²) in [5, 5.41) is 3.63. The standard InChI is InChI=1S/C30H40N6O2/c31-28(38)30-18-24(30)15-16-36(30,20-23-11-13-25(14-12-23)35-29(32)33)27(37)26(17-21-7-3-1-4-8-21)34-19-22-9-5-2-6-10-22/h2,5-6,9-14,21,24,26,34H,1,3-4,7-8,15-20H2,(H5-,31,32,33,35,38)/p+1/t24-,26-,30+,36?/m1/s1. The highest BCUT2D eigenvalue weighted by molar-refractivity contribution is 5.91. The first-order valence-corrected chi connectivity index (χ1v) is 14.0. The van der Waals surface area contributed by atoms with Gasteiger partial charge in [0.2, 0.25) is 0 Å². The molecule has 0 aromatic heterocycles. The van der Waals surface area contributed by atoms with Gasteiger partial charge >= 0.3 is 5.91 Å². The number of nitrogens with zero attached hydrogens (tertiary/aromatic N) is 2. The van der Waals surface area contributed by atoms with Crippen LogP contribution in [-0.2, 0) is 22.7 Å². The largest absolute Gasteiger partial charge is 0.370 e. The summed E-state index contributed by atoms with van der Waals surface area (Å²) >= 11 is 0. The molecule has 202 valence electrons. The maximum Gasteiger partial charge on any atom is 0.331 e. The second-order valence-electron chi connectivity index (χ2n) is 11.5. The highest BCUT2D eigenvalue weighted by atomic mass is 16.2. The topological polar surface area (TPSA) is 137 Å². The van der Waals surface area contributed by atoms with Crippen LogP contribution in [0, 0.1) is 11.8 Å². The van der Waals surface area contributed by atoms with Crippen LogP contribution < -0.4 is 22.5 Å². The number of piperidine rings is 1. The molecular formula is C30H41N6O2+. The number of amides is 2. The van der Waals surface area contributed by atoms with E-state index < -0.39 is 5.54 Å². The number of fused-ring (bicyclic) bond motifs is 1. The van der Waals surface area contributed by atoms with E-state index in [-0.39, 0.29) is 34.2 Å². The van der Waals surface area contributed by atoms with Gasteiger partial charge in [-0.05, 0) is 30.0 Å². The molecule has 5 rings (SSSR count). The summed E-state index contributed by atoms with van der Waals surface area (Å²) in [4.78, 5) is 31.9. The van der Waals surface area contributed by atoms with Crippen LogP contribution in [0.1, 0.15) is 62.5 Å². The number of benzene rings is 2. The van der Waals surface area contributed by atoms with Crippen molar-refractivity contribution in [2.75, 3.05) is 6.54 Å². The van der Waals surface area contributed by atoms with Gasteiger partial charge < -0.3 is 17.2 Å². The summed E-state index contributed by atoms with van der Waals surface area (Å²) in [6.45, 7) is 1.69. The van der Waals surface area contributed by atoms with Crippen LogP contribution in [0.3, 0.4) is 0 Å². The van der Waals surface area contributed by atoms with Gasteiger partial charge in [0.1, 0.15) is 12.6 Å². The molecule has 3 fully saturated rings. The third-order valence-electron chi connectivity index (χ3n) is 9.18. The maximum atomic E-state index is 14.8. The number of nitrogens with two attached hydrogens (primary N) is 3. The molecular weight excluding hydrogens is 476 g/mol. The molecule has 1 unspecified atom stereocenters. The quantitative estimate of drug-likeness (QED) is 0.218. The van der Waals surface area contributed by atoms with Crippen molar-refractivity contribution in [3.63, 3.8) is 0 Å². The molecule has 2 amide bonds. The Morgan fingerprint density at radius 3 is 2.29 bits per heavy atom. The molecule has 0 spiro atoms. The van der Waals surface area contributed by atoms with E-state index in [1.807, 2.05) is 42.5 Å². The lowest BCUT2D eigenvalue weighted by atomic mass is 9.84. The van der Waals surface area contributed by atoms with Crippen LogP contribution in [0.5, 0.6) is 0 Å². The monoisotopic (exact) mass is 517 g/mol. The van der Waals surface area contributed by atoms with Gasteiger partial charge in [-0.3, -0.25) is 10.1 Å². The molecule has 8 nitrogen and oxygen atoms in total. The van der Waals surface area contributed by atoms with Gasteiger partial charge in [0.05, 0.1) is 12.2 Å². The fourth-order valence-electron chi connectivity index (χ4n) is 7.17. The third-order valence-corrected chi connectivity index (χ3v) is 9.18. The summed E-state index contributed by atoms with van der Waals surface area (Å²) in [7, 11) is 0. The molecule has 3 aliphatic rings. The smallest absolute Gasteiger partial charge is 0.331 e. The van der Waals surface area contributed by atoms with Crippen molar-refractivity contribution in [3.05, 3.63) is 65.7 Å². The second kappa shape index (κ2) is 10.9. The molecule has 2 aromatic carbocycles. The van der Waals surface area contributed by atoms with E-state index in [1.165, 1.54) is 19.3 Å². The first kappa shape index (κ1) is 26.4. The van der Waals surface area contributed by atoms with Crippen LogP contribution in [-0.4, -0.2) is 40.4 Å². The Hall–Kier alpha value is -3.23. The summed E-state index contributed by atoms with van der Waals surface area (Å²) in [5.74, 6) is 0.458. The minimum Gasteiger partial charge on any atom is -0.370 e. The fraction of sp³-hybridized carbons (Fsp3) is 0.500. The molecule has 8 heteroatoms. The van der Waals surface area contributed by atoms with E-state index in [0.717, 1.165) is 36.8 Å². The molecule has 4 atom stereocenters. The summed E-state index contributed by atoms with van der Waals surface area (Å²) in [6, 6.07) is 17.5. The van der Waals surface area contributed by atoms with Crippen molar-refractivity contribution in [2.24, 2.45) is 34.0 Å². The van der Waals surface area contributed by atoms with Crippen LogP contribution >= 0.6 is 0 Å². The number of aliphatic imine (C=N–C) groups is 1. The predicted molar refractivity (Wildman–Crippen MR) is 149 cm³/mol. The average Bonchev–Trinajstić information content (AvgIpc) is 3.59. The highest BCUT2D eigenvalue weighted by Gasteiger charge is 2.79. The maximum absolute atomic E-state index is 14.8. The summed E-state index contributed by atoms with van der Waals surface area (Å²) in [6.07, 6.45) is 8.37. The van der Waals surface area contributed by atoms with Crippen LogP contribution in [0.25, 0.3) is 0 Å². The molecule has 38 heavy (non-hydrogen) atoms. The average molecular weight is 518 g/mol. The lowest BCUT2D eigenvalue weighted by Gasteiger charge is -2.42. The number of carbonyl (C=O) groups excluding carboxylic acids is 2. The number of carbonyl (C=O) groups is 2. The Bertz CT molecular complexity index is 1170. The van der Waals surface area contributed by atoms with E-state index in [1.54, 1.807) is 0 Å². The van der Waals surface area contributed by atoms with Gasteiger partial charge in [-0.15, -0.1) is 0 Å². The molecule has 0 bridgehead atoms. The van der Waals surface area contributed by atoms with E-state index in [0.29, 0.717) is 37.7 Å². The SMILES string of the molecule is NC(=O)[C@]12C[C@H]1CC[N+]2(Cc1ccc(N=C(N)N)cc1)C(=O)[C@@H](CC1CCCCC1)NCc1ccccc1. The molecule has 0 radical (unpaired) electrons. The van der Waals surface area contributed by atoms with Crippen LogP contribution in [0.4, 0.5) is 5.69 Å². The molecule has 2 saturated carbocycles. The van der Waals surface area contributed by atoms with Crippen LogP contribution in [0.15, 0.2) is 59.6 Å². The minimum atomic E-state index is -0.811. The number of rotatable bonds is 10. The zero-order valence-electron chi connectivity index (χ0n) is 22.1. The molecule has 7 N–H and O–H groups in total. The number of guanidine groups is 1. The highest BCUT2D eigenvalue weighted by Crippen LogP contribution is 2.61. The van der Waals surface area contributed by atoms with Crippen molar-refractivity contribution in [1.29, 1.82) is 0 Å². The van der Waals surface area contributed by atoms with Gasteiger partial charge in [-0.2, -0.15) is 0 Å². The van der Waals surface area contributed by atoms with E-state index in [4.69, 9.17) is 17.2 Å².